The van der Waals surface area contributed by atoms with Crippen LogP contribution in [0, 0.1) is 11.3 Å². The summed E-state index contributed by atoms with van der Waals surface area (Å²) >= 11 is 0. The van der Waals surface area contributed by atoms with Crippen LogP contribution in [-0.4, -0.2) is 18.2 Å². The zero-order valence-corrected chi connectivity index (χ0v) is 10.3. The van der Waals surface area contributed by atoms with Crippen molar-refractivity contribution in [3.8, 4) is 6.07 Å². The van der Waals surface area contributed by atoms with E-state index in [1.165, 1.54) is 29.1 Å². The van der Waals surface area contributed by atoms with Gasteiger partial charge in [-0.1, -0.05) is 6.07 Å². The van der Waals surface area contributed by atoms with Gasteiger partial charge in [0.15, 0.2) is 0 Å². The third kappa shape index (κ3) is 2.49. The van der Waals surface area contributed by atoms with E-state index in [-0.39, 0.29) is 4.90 Å². The summed E-state index contributed by atoms with van der Waals surface area (Å²) in [5.74, 6) is 0. The molecule has 0 saturated heterocycles. The van der Waals surface area contributed by atoms with Crippen molar-refractivity contribution in [3.63, 3.8) is 0 Å². The lowest BCUT2D eigenvalue weighted by molar-refractivity contribution is 0.601. The molecular formula is C11H10N4O2S. The van der Waals surface area contributed by atoms with Crippen molar-refractivity contribution in [2.45, 2.75) is 4.90 Å². The van der Waals surface area contributed by atoms with Gasteiger partial charge in [0.1, 0.15) is 0 Å². The molecular weight excluding hydrogens is 252 g/mol. The molecule has 0 atom stereocenters. The summed E-state index contributed by atoms with van der Waals surface area (Å²) < 4.78 is 27.9. The Morgan fingerprint density at radius 3 is 2.83 bits per heavy atom. The van der Waals surface area contributed by atoms with E-state index in [0.717, 1.165) is 0 Å². The standard InChI is InChI=1S/C11H10N4O2S/c1-15-8-10(7-13-15)14-18(16,17)11-4-2-3-9(5-11)6-12/h2-5,7-8,14H,1H3. The van der Waals surface area contributed by atoms with Gasteiger partial charge < -0.3 is 0 Å². The fourth-order valence-corrected chi connectivity index (χ4v) is 2.49. The van der Waals surface area contributed by atoms with Crippen molar-refractivity contribution in [1.29, 1.82) is 5.26 Å². The summed E-state index contributed by atoms with van der Waals surface area (Å²) in [5.41, 5.74) is 0.670. The molecule has 1 heterocycles. The van der Waals surface area contributed by atoms with Crippen LogP contribution < -0.4 is 4.72 Å². The van der Waals surface area contributed by atoms with Crippen molar-refractivity contribution in [1.82, 2.24) is 9.78 Å². The second-order valence-electron chi connectivity index (χ2n) is 3.65. The lowest BCUT2D eigenvalue weighted by Gasteiger charge is -2.05. The number of benzene rings is 1. The maximum atomic E-state index is 12.0. The summed E-state index contributed by atoms with van der Waals surface area (Å²) in [6, 6.07) is 7.72. The molecule has 7 heteroatoms. The fourth-order valence-electron chi connectivity index (χ4n) is 1.42. The van der Waals surface area contributed by atoms with Crippen molar-refractivity contribution in [2.24, 2.45) is 7.05 Å². The number of aromatic nitrogens is 2. The predicted molar refractivity (Wildman–Crippen MR) is 65.2 cm³/mol. The van der Waals surface area contributed by atoms with E-state index in [2.05, 4.69) is 9.82 Å². The van der Waals surface area contributed by atoms with Crippen molar-refractivity contribution in [3.05, 3.63) is 42.2 Å². The molecule has 18 heavy (non-hydrogen) atoms. The number of rotatable bonds is 3. The maximum absolute atomic E-state index is 12.0. The van der Waals surface area contributed by atoms with Gasteiger partial charge in [0, 0.05) is 13.2 Å². The molecule has 0 amide bonds. The highest BCUT2D eigenvalue weighted by molar-refractivity contribution is 7.92. The number of aryl methyl sites for hydroxylation is 1. The van der Waals surface area contributed by atoms with Crippen LogP contribution in [-0.2, 0) is 17.1 Å². The largest absolute Gasteiger partial charge is 0.276 e. The van der Waals surface area contributed by atoms with E-state index in [9.17, 15) is 8.42 Å². The molecule has 1 aromatic carbocycles. The monoisotopic (exact) mass is 262 g/mol. The van der Waals surface area contributed by atoms with Gasteiger partial charge in [-0.15, -0.1) is 0 Å². The topological polar surface area (TPSA) is 87.8 Å². The smallest absolute Gasteiger partial charge is 0.262 e. The van der Waals surface area contributed by atoms with Crippen LogP contribution in [0.2, 0.25) is 0 Å². The molecule has 0 radical (unpaired) electrons. The summed E-state index contributed by atoms with van der Waals surface area (Å²) in [6.07, 6.45) is 2.96. The van der Waals surface area contributed by atoms with E-state index < -0.39 is 10.0 Å². The fraction of sp³-hybridized carbons (Fsp3) is 0.0909. The lowest BCUT2D eigenvalue weighted by atomic mass is 10.2. The molecule has 0 saturated carbocycles. The molecule has 92 valence electrons. The average molecular weight is 262 g/mol. The summed E-state index contributed by atoms with van der Waals surface area (Å²) in [7, 11) is -2.00. The number of nitrogens with zero attached hydrogens (tertiary/aromatic N) is 3. The van der Waals surface area contributed by atoms with Gasteiger partial charge in [-0.2, -0.15) is 10.4 Å². The van der Waals surface area contributed by atoms with Crippen molar-refractivity contribution in [2.75, 3.05) is 4.72 Å². The van der Waals surface area contributed by atoms with E-state index in [0.29, 0.717) is 11.3 Å². The van der Waals surface area contributed by atoms with Crippen LogP contribution in [0.4, 0.5) is 5.69 Å². The van der Waals surface area contributed by atoms with Crippen LogP contribution in [0.1, 0.15) is 5.56 Å². The quantitative estimate of drug-likeness (QED) is 0.896. The van der Waals surface area contributed by atoms with Gasteiger partial charge in [-0.05, 0) is 18.2 Å². The Hall–Kier alpha value is -2.33. The van der Waals surface area contributed by atoms with E-state index in [1.54, 1.807) is 19.3 Å². The highest BCUT2D eigenvalue weighted by Crippen LogP contribution is 2.16. The number of nitriles is 1. The second-order valence-corrected chi connectivity index (χ2v) is 5.33. The molecule has 0 spiro atoms. The molecule has 0 fully saturated rings. The van der Waals surface area contributed by atoms with Crippen LogP contribution in [0.25, 0.3) is 0 Å². The van der Waals surface area contributed by atoms with Gasteiger partial charge >= 0.3 is 0 Å². The van der Waals surface area contributed by atoms with Gasteiger partial charge in [0.05, 0.1) is 28.4 Å². The first-order valence-electron chi connectivity index (χ1n) is 5.03. The molecule has 0 aliphatic carbocycles. The number of anilines is 1. The highest BCUT2D eigenvalue weighted by Gasteiger charge is 2.15. The average Bonchev–Trinajstić information content (AvgIpc) is 2.74. The molecule has 2 aromatic rings. The minimum Gasteiger partial charge on any atom is -0.276 e. The first-order valence-corrected chi connectivity index (χ1v) is 6.51. The molecule has 1 N–H and O–H groups in total. The van der Waals surface area contributed by atoms with Crippen LogP contribution >= 0.6 is 0 Å². The lowest BCUT2D eigenvalue weighted by Crippen LogP contribution is -2.12. The summed E-state index contributed by atoms with van der Waals surface area (Å²) in [6.45, 7) is 0. The molecule has 1 aromatic heterocycles. The zero-order valence-electron chi connectivity index (χ0n) is 9.53. The Balaban J connectivity index is 2.34. The molecule has 0 unspecified atom stereocenters. The highest BCUT2D eigenvalue weighted by atomic mass is 32.2. The zero-order chi connectivity index (χ0) is 13.2. The van der Waals surface area contributed by atoms with Crippen molar-refractivity contribution >= 4 is 15.7 Å². The maximum Gasteiger partial charge on any atom is 0.262 e. The van der Waals surface area contributed by atoms with E-state index >= 15 is 0 Å². The van der Waals surface area contributed by atoms with E-state index in [1.807, 2.05) is 6.07 Å². The van der Waals surface area contributed by atoms with Gasteiger partial charge in [0.25, 0.3) is 10.0 Å². The minimum absolute atomic E-state index is 0.0467. The molecule has 0 bridgehead atoms. The Labute approximate surface area is 105 Å². The molecule has 2 rings (SSSR count). The number of hydrogen-bond donors (Lipinski definition) is 1. The first-order chi connectivity index (χ1) is 8.51. The molecule has 6 nitrogen and oxygen atoms in total. The molecule has 0 aliphatic heterocycles. The van der Waals surface area contributed by atoms with Gasteiger partial charge in [0.2, 0.25) is 0 Å². The normalized spacial score (nSPS) is 10.9. The van der Waals surface area contributed by atoms with E-state index in [4.69, 9.17) is 5.26 Å². The van der Waals surface area contributed by atoms with Gasteiger partial charge in [-0.3, -0.25) is 9.40 Å². The Morgan fingerprint density at radius 1 is 1.44 bits per heavy atom. The second kappa shape index (κ2) is 4.50. The first kappa shape index (κ1) is 12.1. The molecule has 0 aliphatic rings. The predicted octanol–water partition coefficient (Wildman–Crippen LogP) is 1.09. The Bertz CT molecular complexity index is 713. The Morgan fingerprint density at radius 2 is 2.22 bits per heavy atom. The number of hydrogen-bond acceptors (Lipinski definition) is 4. The third-order valence-electron chi connectivity index (χ3n) is 2.23. The summed E-state index contributed by atoms with van der Waals surface area (Å²) in [5, 5.41) is 12.6. The van der Waals surface area contributed by atoms with Crippen LogP contribution in [0.15, 0.2) is 41.6 Å². The third-order valence-corrected chi connectivity index (χ3v) is 3.61. The number of nitrogens with one attached hydrogen (secondary N) is 1. The summed E-state index contributed by atoms with van der Waals surface area (Å²) in [4.78, 5) is 0.0467. The SMILES string of the molecule is Cn1cc(NS(=O)(=O)c2cccc(C#N)c2)cn1. The Kier molecular flexibility index (Phi) is 3.04. The minimum atomic E-state index is -3.69. The number of sulfonamides is 1. The van der Waals surface area contributed by atoms with Crippen molar-refractivity contribution < 1.29 is 8.42 Å². The van der Waals surface area contributed by atoms with Gasteiger partial charge in [-0.25, -0.2) is 8.42 Å². The van der Waals surface area contributed by atoms with Crippen LogP contribution in [0.5, 0.6) is 0 Å². The van der Waals surface area contributed by atoms with Crippen LogP contribution in [0.3, 0.4) is 0 Å².